The Morgan fingerprint density at radius 2 is 1.50 bits per heavy atom. The van der Waals surface area contributed by atoms with Crippen LogP contribution >= 0.6 is 0 Å². The lowest BCUT2D eigenvalue weighted by molar-refractivity contribution is -0.213. The third-order valence-corrected chi connectivity index (χ3v) is 15.5. The molecule has 0 aromatic rings. The molecule has 6 rings (SSSR count). The van der Waals surface area contributed by atoms with Crippen LogP contribution in [-0.4, -0.2) is 79.9 Å². The number of carbonyl (C=O) groups is 1. The molecule has 6 fully saturated rings. The Morgan fingerprint density at radius 3 is 2.04 bits per heavy atom. The molecule has 1 aliphatic heterocycles. The first-order valence-electron chi connectivity index (χ1n) is 18.8. The van der Waals surface area contributed by atoms with Gasteiger partial charge in [-0.2, -0.15) is 0 Å². The summed E-state index contributed by atoms with van der Waals surface area (Å²) in [6.07, 6.45) is 7.86. The maximum Gasteiger partial charge on any atom is 0.222 e. The van der Waals surface area contributed by atoms with Crippen molar-refractivity contribution in [3.05, 3.63) is 0 Å². The van der Waals surface area contributed by atoms with Gasteiger partial charge in [0.1, 0.15) is 0 Å². The summed E-state index contributed by atoms with van der Waals surface area (Å²) in [5.41, 5.74) is -1.35. The molecular weight excluding hydrogens is 578 g/mol. The van der Waals surface area contributed by atoms with Crippen LogP contribution < -0.4 is 0 Å². The first-order valence-corrected chi connectivity index (χ1v) is 18.8. The molecule has 46 heavy (non-hydrogen) atoms. The van der Waals surface area contributed by atoms with E-state index < -0.39 is 23.4 Å². The molecule has 0 radical (unpaired) electrons. The van der Waals surface area contributed by atoms with Crippen LogP contribution in [0.1, 0.15) is 140 Å². The van der Waals surface area contributed by atoms with E-state index >= 15 is 0 Å². The minimum atomic E-state index is -0.886. The number of carbonyl (C=O) groups excluding carboxylic acids is 1. The highest BCUT2D eigenvalue weighted by atomic mass is 16.5. The normalized spacial score (nSPS) is 48.8. The molecule has 5 saturated carbocycles. The van der Waals surface area contributed by atoms with Crippen LogP contribution in [-0.2, 0) is 9.53 Å². The van der Waals surface area contributed by atoms with Crippen molar-refractivity contribution < 1.29 is 30.0 Å². The fourth-order valence-corrected chi connectivity index (χ4v) is 13.2. The minimum Gasteiger partial charge on any atom is -0.393 e. The van der Waals surface area contributed by atoms with Crippen molar-refractivity contribution in [1.82, 2.24) is 4.90 Å². The SMILES string of the molecule is CC(C)(O)[C@@H]1CC[C@](C)([C@H]2[C@@H](O)C[C@@]3(C)[C@@H]4C[C@H](O)[C@H]5C(C)(C)[C@@H](O)CC[C@@]56C[C@@]46CC[C@]23C)O1.CCN(CC)C(=O)CC(C)C. The Hall–Kier alpha value is -0.730. The van der Waals surface area contributed by atoms with E-state index in [9.17, 15) is 25.2 Å². The van der Waals surface area contributed by atoms with Gasteiger partial charge in [-0.1, -0.05) is 41.5 Å². The van der Waals surface area contributed by atoms with Gasteiger partial charge in [-0.25, -0.2) is 0 Å². The molecule has 2 spiro atoms. The van der Waals surface area contributed by atoms with Gasteiger partial charge in [-0.3, -0.25) is 4.79 Å². The fraction of sp³-hybridized carbons (Fsp3) is 0.974. The van der Waals surface area contributed by atoms with Gasteiger partial charge in [0.15, 0.2) is 0 Å². The second-order valence-corrected chi connectivity index (χ2v) is 19.1. The number of hydrogen-bond donors (Lipinski definition) is 4. The molecule has 1 saturated heterocycles. The standard InChI is InChI=1S/C30H50O5.C9H19NO/c1-24(2)20(33)8-11-30-16-29(30)13-12-26(5)23(28(7)10-9-21(35-28)25(3,4)34)18(32)15-27(26,6)19(29)14-17(31)22(24)30;1-5-10(6-2)9(11)7-8(3)4/h17-23,31-34H,8-16H2,1-7H3;8H,5-7H2,1-4H3/t17-,18-,19-,20-,21-,22-,23-,26+,27-,28+,29-,30+;/m0./s1. The maximum absolute atomic E-state index is 11.7. The van der Waals surface area contributed by atoms with Gasteiger partial charge in [0, 0.05) is 25.4 Å². The van der Waals surface area contributed by atoms with Gasteiger partial charge in [-0.05, 0) is 137 Å². The van der Waals surface area contributed by atoms with Crippen LogP contribution in [0.3, 0.4) is 0 Å². The molecule has 6 aliphatic rings. The highest BCUT2D eigenvalue weighted by Crippen LogP contribution is 2.89. The molecule has 0 unspecified atom stereocenters. The summed E-state index contributed by atoms with van der Waals surface area (Å²) in [6.45, 7) is 24.9. The van der Waals surface area contributed by atoms with Crippen molar-refractivity contribution in [2.45, 2.75) is 176 Å². The molecule has 266 valence electrons. The molecule has 7 heteroatoms. The number of fused-ring (bicyclic) bond motifs is 2. The summed E-state index contributed by atoms with van der Waals surface area (Å²) >= 11 is 0. The van der Waals surface area contributed by atoms with Crippen LogP contribution in [0.25, 0.3) is 0 Å². The molecule has 0 aromatic heterocycles. The number of amides is 1. The van der Waals surface area contributed by atoms with Gasteiger partial charge in [0.2, 0.25) is 5.91 Å². The fourth-order valence-electron chi connectivity index (χ4n) is 13.2. The quantitative estimate of drug-likeness (QED) is 0.268. The monoisotopic (exact) mass is 648 g/mol. The van der Waals surface area contributed by atoms with Gasteiger partial charge in [0.05, 0.1) is 35.6 Å². The summed E-state index contributed by atoms with van der Waals surface area (Å²) < 4.78 is 6.66. The van der Waals surface area contributed by atoms with Crippen LogP contribution in [0.5, 0.6) is 0 Å². The second kappa shape index (κ2) is 11.7. The average molecular weight is 648 g/mol. The number of rotatable bonds is 6. The first kappa shape index (κ1) is 36.5. The van der Waals surface area contributed by atoms with E-state index in [1.807, 2.05) is 32.6 Å². The zero-order chi connectivity index (χ0) is 34.5. The molecule has 7 nitrogen and oxygen atoms in total. The zero-order valence-corrected chi connectivity index (χ0v) is 31.2. The predicted molar refractivity (Wildman–Crippen MR) is 182 cm³/mol. The zero-order valence-electron chi connectivity index (χ0n) is 31.2. The van der Waals surface area contributed by atoms with E-state index in [0.29, 0.717) is 18.3 Å². The maximum atomic E-state index is 11.7. The van der Waals surface area contributed by atoms with Crippen molar-refractivity contribution in [3.63, 3.8) is 0 Å². The van der Waals surface area contributed by atoms with Crippen molar-refractivity contribution in [3.8, 4) is 0 Å². The average Bonchev–Trinajstić information content (AvgIpc) is 3.29. The molecule has 1 heterocycles. The number of ether oxygens (including phenoxy) is 1. The Bertz CT molecular complexity index is 1150. The van der Waals surface area contributed by atoms with E-state index in [1.54, 1.807) is 0 Å². The van der Waals surface area contributed by atoms with E-state index in [0.717, 1.165) is 64.5 Å². The van der Waals surface area contributed by atoms with Gasteiger partial charge >= 0.3 is 0 Å². The molecule has 4 N–H and O–H groups in total. The minimum absolute atomic E-state index is 0.0267. The smallest absolute Gasteiger partial charge is 0.222 e. The summed E-state index contributed by atoms with van der Waals surface area (Å²) in [4.78, 5) is 13.2. The van der Waals surface area contributed by atoms with Crippen LogP contribution in [0.4, 0.5) is 0 Å². The summed E-state index contributed by atoms with van der Waals surface area (Å²) in [6, 6.07) is 0. The topological polar surface area (TPSA) is 110 Å². The molecule has 1 amide bonds. The van der Waals surface area contributed by atoms with Gasteiger partial charge < -0.3 is 30.1 Å². The lowest BCUT2D eigenvalue weighted by Gasteiger charge is -2.64. The third kappa shape index (κ3) is 5.17. The van der Waals surface area contributed by atoms with Gasteiger partial charge in [-0.15, -0.1) is 0 Å². The molecule has 12 atom stereocenters. The summed E-state index contributed by atoms with van der Waals surface area (Å²) in [5.74, 6) is 1.33. The van der Waals surface area contributed by atoms with E-state index in [4.69, 9.17) is 4.74 Å². The second-order valence-electron chi connectivity index (χ2n) is 19.1. The lowest BCUT2D eigenvalue weighted by atomic mass is 9.41. The third-order valence-electron chi connectivity index (χ3n) is 15.5. The molecule has 0 bridgehead atoms. The largest absolute Gasteiger partial charge is 0.393 e. The Balaban J connectivity index is 0.000000327. The number of aliphatic hydroxyl groups is 4. The summed E-state index contributed by atoms with van der Waals surface area (Å²) in [7, 11) is 0. The number of aliphatic hydroxyl groups excluding tert-OH is 3. The van der Waals surface area contributed by atoms with E-state index in [1.165, 1.54) is 6.42 Å². The highest BCUT2D eigenvalue weighted by Gasteiger charge is 2.84. The van der Waals surface area contributed by atoms with Crippen molar-refractivity contribution in [2.75, 3.05) is 13.1 Å². The highest BCUT2D eigenvalue weighted by molar-refractivity contribution is 5.76. The van der Waals surface area contributed by atoms with Crippen LogP contribution in [0, 0.1) is 50.7 Å². The van der Waals surface area contributed by atoms with Gasteiger partial charge in [0.25, 0.3) is 0 Å². The predicted octanol–water partition coefficient (Wildman–Crippen LogP) is 6.34. The molecule has 5 aliphatic carbocycles. The first-order chi connectivity index (χ1) is 21.1. The Labute approximate surface area is 280 Å². The summed E-state index contributed by atoms with van der Waals surface area (Å²) in [5, 5.41) is 45.0. The number of nitrogens with zero attached hydrogens (tertiary/aromatic N) is 1. The lowest BCUT2D eigenvalue weighted by Crippen LogP contribution is -2.62. The molecule has 0 aromatic carbocycles. The Kier molecular flexibility index (Phi) is 9.27. The van der Waals surface area contributed by atoms with E-state index in [-0.39, 0.29) is 57.0 Å². The van der Waals surface area contributed by atoms with Crippen molar-refractivity contribution in [2.24, 2.45) is 50.7 Å². The van der Waals surface area contributed by atoms with Crippen LogP contribution in [0.2, 0.25) is 0 Å². The molecular formula is C39H69NO6. The van der Waals surface area contributed by atoms with E-state index in [2.05, 4.69) is 48.5 Å². The Morgan fingerprint density at radius 1 is 0.870 bits per heavy atom. The number of hydrogen-bond acceptors (Lipinski definition) is 6. The van der Waals surface area contributed by atoms with Crippen molar-refractivity contribution >= 4 is 5.91 Å². The van der Waals surface area contributed by atoms with Crippen LogP contribution in [0.15, 0.2) is 0 Å². The van der Waals surface area contributed by atoms with Crippen molar-refractivity contribution in [1.29, 1.82) is 0 Å².